The van der Waals surface area contributed by atoms with Gasteiger partial charge < -0.3 is 0 Å². The maximum absolute atomic E-state index is 10.4. The number of rotatable bonds is 1. The molecule has 0 aromatic heterocycles. The van der Waals surface area contributed by atoms with Crippen molar-refractivity contribution in [3.63, 3.8) is 0 Å². The molecule has 3 nitrogen and oxygen atoms in total. The van der Waals surface area contributed by atoms with Crippen molar-refractivity contribution in [3.8, 4) is 0 Å². The van der Waals surface area contributed by atoms with Gasteiger partial charge in [-0.25, -0.2) is 0 Å². The minimum absolute atomic E-state index is 0. The summed E-state index contributed by atoms with van der Waals surface area (Å²) < 4.78 is 29.2. The molecule has 57 valence electrons. The molecule has 0 heterocycles. The first-order chi connectivity index (χ1) is 4.61. The molecule has 0 aliphatic rings. The van der Waals surface area contributed by atoms with Gasteiger partial charge in [-0.05, 0) is 18.2 Å². The molecule has 0 amide bonds. The summed E-state index contributed by atoms with van der Waals surface area (Å²) in [5, 5.41) is 0. The SMILES string of the molecule is O=S(=O)(O)c1cc[c]cc1.[KH].[KH]. The summed E-state index contributed by atoms with van der Waals surface area (Å²) in [5.41, 5.74) is 0. The van der Waals surface area contributed by atoms with Gasteiger partial charge in [-0.1, -0.05) is 12.1 Å². The molecule has 0 saturated carbocycles. The minimum atomic E-state index is -4.02. The van der Waals surface area contributed by atoms with Crippen molar-refractivity contribution in [2.75, 3.05) is 0 Å². The van der Waals surface area contributed by atoms with E-state index in [1.54, 1.807) is 0 Å². The van der Waals surface area contributed by atoms with E-state index in [-0.39, 0.29) is 108 Å². The molecule has 0 unspecified atom stereocenters. The molecule has 0 saturated heterocycles. The van der Waals surface area contributed by atoms with E-state index in [2.05, 4.69) is 6.07 Å². The first-order valence-corrected chi connectivity index (χ1v) is 3.98. The van der Waals surface area contributed by atoms with Crippen LogP contribution in [-0.4, -0.2) is 116 Å². The van der Waals surface area contributed by atoms with E-state index in [1.807, 2.05) is 0 Å². The van der Waals surface area contributed by atoms with Crippen molar-refractivity contribution in [2.24, 2.45) is 0 Å². The Kier molecular flexibility index (Phi) is 10.7. The van der Waals surface area contributed by atoms with E-state index in [0.717, 1.165) is 0 Å². The average molecular weight is 237 g/mol. The number of hydrogen-bond acceptors (Lipinski definition) is 2. The summed E-state index contributed by atoms with van der Waals surface area (Å²) in [7, 11) is -4.02. The second-order valence-electron chi connectivity index (χ2n) is 1.71. The van der Waals surface area contributed by atoms with Gasteiger partial charge in [-0.2, -0.15) is 8.42 Å². The fraction of sp³-hybridized carbons (Fsp3) is 0. The second-order valence-corrected chi connectivity index (χ2v) is 3.13. The van der Waals surface area contributed by atoms with Crippen molar-refractivity contribution in [1.82, 2.24) is 0 Å². The van der Waals surface area contributed by atoms with Crippen LogP contribution in [0.5, 0.6) is 0 Å². The van der Waals surface area contributed by atoms with Crippen LogP contribution in [0.3, 0.4) is 0 Å². The Bertz CT molecular complexity index is 309. The van der Waals surface area contributed by atoms with Crippen LogP contribution in [0.1, 0.15) is 0 Å². The fourth-order valence-corrected chi connectivity index (χ4v) is 1.02. The Hall–Kier alpha value is 2.40. The topological polar surface area (TPSA) is 54.4 Å². The van der Waals surface area contributed by atoms with Crippen molar-refractivity contribution < 1.29 is 13.0 Å². The third-order valence-corrected chi connectivity index (χ3v) is 1.85. The third-order valence-electron chi connectivity index (χ3n) is 0.986. The van der Waals surface area contributed by atoms with Crippen LogP contribution in [-0.2, 0) is 10.1 Å². The predicted molar refractivity (Wildman–Crippen MR) is 49.4 cm³/mol. The maximum atomic E-state index is 10.4. The van der Waals surface area contributed by atoms with Crippen LogP contribution in [0.15, 0.2) is 29.2 Å². The van der Waals surface area contributed by atoms with E-state index < -0.39 is 10.1 Å². The Labute approximate surface area is 157 Å². The fourth-order valence-electron chi connectivity index (χ4n) is 0.544. The zero-order valence-electron chi connectivity index (χ0n) is 4.98. The van der Waals surface area contributed by atoms with Gasteiger partial charge in [0.1, 0.15) is 0 Å². The van der Waals surface area contributed by atoms with Crippen molar-refractivity contribution in [2.45, 2.75) is 4.90 Å². The summed E-state index contributed by atoms with van der Waals surface area (Å²) in [6, 6.07) is 8.02. The Morgan fingerprint density at radius 2 is 1.58 bits per heavy atom. The van der Waals surface area contributed by atoms with Gasteiger partial charge in [0.25, 0.3) is 10.1 Å². The molecule has 1 aromatic rings. The van der Waals surface area contributed by atoms with Crippen LogP contribution in [0.25, 0.3) is 0 Å². The molecule has 6 heteroatoms. The van der Waals surface area contributed by atoms with Gasteiger partial charge in [-0.15, -0.1) is 0 Å². The van der Waals surface area contributed by atoms with E-state index in [9.17, 15) is 8.42 Å². The summed E-state index contributed by atoms with van der Waals surface area (Å²) in [4.78, 5) is -0.105. The van der Waals surface area contributed by atoms with Crippen LogP contribution < -0.4 is 0 Å². The van der Waals surface area contributed by atoms with E-state index in [0.29, 0.717) is 0 Å². The molecule has 1 N–H and O–H groups in total. The zero-order valence-corrected chi connectivity index (χ0v) is 5.80. The number of hydrogen-bond donors (Lipinski definition) is 1. The number of benzene rings is 1. The van der Waals surface area contributed by atoms with Crippen LogP contribution in [0, 0.1) is 6.07 Å². The second kappa shape index (κ2) is 7.66. The molecule has 0 aliphatic heterocycles. The summed E-state index contributed by atoms with van der Waals surface area (Å²) >= 11 is 0. The first-order valence-electron chi connectivity index (χ1n) is 2.54. The normalized spacial score (nSPS) is 9.42. The predicted octanol–water partition coefficient (Wildman–Crippen LogP) is -0.564. The third kappa shape index (κ3) is 5.99. The van der Waals surface area contributed by atoms with Gasteiger partial charge in [0, 0.05) is 0 Å². The van der Waals surface area contributed by atoms with Crippen molar-refractivity contribution in [3.05, 3.63) is 30.3 Å². The van der Waals surface area contributed by atoms with Gasteiger partial charge in [0.15, 0.2) is 0 Å². The van der Waals surface area contributed by atoms with Crippen LogP contribution >= 0.6 is 0 Å². The van der Waals surface area contributed by atoms with Gasteiger partial charge in [-0.3, -0.25) is 4.55 Å². The van der Waals surface area contributed by atoms with Crippen LogP contribution in [0.4, 0.5) is 0 Å². The molecule has 1 radical (unpaired) electrons. The van der Waals surface area contributed by atoms with Gasteiger partial charge in [0.05, 0.1) is 4.90 Å². The Morgan fingerprint density at radius 3 is 1.83 bits per heavy atom. The van der Waals surface area contributed by atoms with Crippen molar-refractivity contribution in [1.29, 1.82) is 0 Å². The van der Waals surface area contributed by atoms with Gasteiger partial charge in [0.2, 0.25) is 0 Å². The molecule has 12 heavy (non-hydrogen) atoms. The molecule has 0 spiro atoms. The molecular weight excluding hydrogens is 230 g/mol. The average Bonchev–Trinajstić information content (AvgIpc) is 1.88. The quantitative estimate of drug-likeness (QED) is 0.526. The molecular formula is C6H7K2O3S. The first kappa shape index (κ1) is 16.8. The summed E-state index contributed by atoms with van der Waals surface area (Å²) in [5.74, 6) is 0. The van der Waals surface area contributed by atoms with Crippen LogP contribution in [0.2, 0.25) is 0 Å². The molecule has 0 atom stereocenters. The molecule has 1 rings (SSSR count). The van der Waals surface area contributed by atoms with E-state index >= 15 is 0 Å². The standard InChI is InChI=1S/C6H5O3S.2K.2H/c7-10(8,9)6-4-2-1-3-5-6;;;;/h2-5H,(H,7,8,9);;;;. The summed E-state index contributed by atoms with van der Waals surface area (Å²) in [6.07, 6.45) is 0. The molecule has 1 aromatic carbocycles. The Balaban J connectivity index is 0. The summed E-state index contributed by atoms with van der Waals surface area (Å²) in [6.45, 7) is 0. The van der Waals surface area contributed by atoms with Gasteiger partial charge >= 0.3 is 103 Å². The molecule has 0 bridgehead atoms. The molecule has 0 aliphatic carbocycles. The zero-order chi connectivity index (χ0) is 7.61. The van der Waals surface area contributed by atoms with E-state index in [1.165, 1.54) is 24.3 Å². The monoisotopic (exact) mass is 237 g/mol. The molecule has 0 fully saturated rings. The Morgan fingerprint density at radius 1 is 1.17 bits per heavy atom. The van der Waals surface area contributed by atoms with E-state index in [4.69, 9.17) is 4.55 Å². The van der Waals surface area contributed by atoms with Crippen molar-refractivity contribution >= 4 is 113 Å².